The fourth-order valence-electron chi connectivity index (χ4n) is 1.17. The number of aromatic nitrogens is 3. The summed E-state index contributed by atoms with van der Waals surface area (Å²) in [7, 11) is 1.91. The van der Waals surface area contributed by atoms with Gasteiger partial charge in [-0.05, 0) is 19.9 Å². The van der Waals surface area contributed by atoms with Crippen molar-refractivity contribution < 1.29 is 4.52 Å². The highest BCUT2D eigenvalue weighted by atomic mass is 16.5. The van der Waals surface area contributed by atoms with Crippen LogP contribution in [0.2, 0.25) is 0 Å². The highest BCUT2D eigenvalue weighted by Gasteiger charge is 2.07. The second-order valence-corrected chi connectivity index (χ2v) is 3.12. The van der Waals surface area contributed by atoms with E-state index < -0.39 is 0 Å². The molecule has 0 saturated carbocycles. The maximum Gasteiger partial charge on any atom is 0.134 e. The normalized spacial score (nSPS) is 10.7. The summed E-state index contributed by atoms with van der Waals surface area (Å²) in [6.07, 6.45) is 0. The van der Waals surface area contributed by atoms with Gasteiger partial charge in [-0.1, -0.05) is 5.16 Å². The molecule has 0 aromatic carbocycles. The Balaban J connectivity index is 2.46. The van der Waals surface area contributed by atoms with E-state index in [1.807, 2.05) is 37.7 Å². The third kappa shape index (κ3) is 1.35. The molecule has 2 rings (SSSR count). The molecule has 2 heterocycles. The lowest BCUT2D eigenvalue weighted by atomic mass is 10.3. The van der Waals surface area contributed by atoms with Crippen LogP contribution in [0.4, 0.5) is 0 Å². The van der Waals surface area contributed by atoms with Crippen LogP contribution in [0.1, 0.15) is 11.5 Å². The zero-order chi connectivity index (χ0) is 9.42. The van der Waals surface area contributed by atoms with Crippen molar-refractivity contribution in [1.29, 1.82) is 0 Å². The Bertz CT molecular complexity index is 408. The van der Waals surface area contributed by atoms with Crippen molar-refractivity contribution in [2.45, 2.75) is 13.8 Å². The van der Waals surface area contributed by atoms with E-state index in [1.54, 1.807) is 0 Å². The van der Waals surface area contributed by atoms with Crippen LogP contribution in [-0.2, 0) is 7.05 Å². The van der Waals surface area contributed by atoms with Crippen molar-refractivity contribution in [3.63, 3.8) is 0 Å². The van der Waals surface area contributed by atoms with Crippen LogP contribution in [0.3, 0.4) is 0 Å². The molecule has 68 valence electrons. The number of rotatable bonds is 1. The highest BCUT2D eigenvalue weighted by molar-refractivity contribution is 5.53. The minimum absolute atomic E-state index is 0.793. The van der Waals surface area contributed by atoms with Crippen LogP contribution in [0.25, 0.3) is 11.4 Å². The summed E-state index contributed by atoms with van der Waals surface area (Å²) < 4.78 is 6.79. The molecular weight excluding hydrogens is 166 g/mol. The van der Waals surface area contributed by atoms with Gasteiger partial charge in [0.2, 0.25) is 0 Å². The van der Waals surface area contributed by atoms with E-state index in [9.17, 15) is 0 Å². The van der Waals surface area contributed by atoms with Gasteiger partial charge in [-0.25, -0.2) is 0 Å². The van der Waals surface area contributed by atoms with Gasteiger partial charge in [-0.2, -0.15) is 5.10 Å². The molecule has 0 aliphatic rings. The first-order chi connectivity index (χ1) is 6.16. The average molecular weight is 177 g/mol. The predicted octanol–water partition coefficient (Wildman–Crippen LogP) is 1.69. The molecule has 0 aliphatic carbocycles. The van der Waals surface area contributed by atoms with Crippen molar-refractivity contribution in [3.8, 4) is 11.4 Å². The SMILES string of the molecule is Cc1cc(-c2cc(C)n(C)n2)no1. The van der Waals surface area contributed by atoms with Crippen LogP contribution >= 0.6 is 0 Å². The van der Waals surface area contributed by atoms with E-state index in [-0.39, 0.29) is 0 Å². The minimum Gasteiger partial charge on any atom is -0.361 e. The molecular formula is C9H11N3O. The summed E-state index contributed by atoms with van der Waals surface area (Å²) in [6.45, 7) is 3.87. The smallest absolute Gasteiger partial charge is 0.134 e. The van der Waals surface area contributed by atoms with Crippen molar-refractivity contribution in [2.75, 3.05) is 0 Å². The second-order valence-electron chi connectivity index (χ2n) is 3.12. The molecule has 13 heavy (non-hydrogen) atoms. The van der Waals surface area contributed by atoms with Gasteiger partial charge < -0.3 is 4.52 Å². The Labute approximate surface area is 76.2 Å². The molecule has 2 aromatic heterocycles. The van der Waals surface area contributed by atoms with Crippen LogP contribution < -0.4 is 0 Å². The molecule has 0 aliphatic heterocycles. The summed E-state index contributed by atoms with van der Waals surface area (Å²) in [6, 6.07) is 3.86. The molecule has 4 heteroatoms. The maximum atomic E-state index is 4.97. The third-order valence-electron chi connectivity index (χ3n) is 2.00. The molecule has 0 fully saturated rings. The quantitative estimate of drug-likeness (QED) is 0.665. The van der Waals surface area contributed by atoms with Crippen LogP contribution in [-0.4, -0.2) is 14.9 Å². The Morgan fingerprint density at radius 3 is 2.46 bits per heavy atom. The van der Waals surface area contributed by atoms with Crippen LogP contribution in [0, 0.1) is 13.8 Å². The summed E-state index contributed by atoms with van der Waals surface area (Å²) >= 11 is 0. The highest BCUT2D eigenvalue weighted by Crippen LogP contribution is 2.17. The van der Waals surface area contributed by atoms with E-state index in [4.69, 9.17) is 4.52 Å². The van der Waals surface area contributed by atoms with E-state index >= 15 is 0 Å². The van der Waals surface area contributed by atoms with E-state index in [1.165, 1.54) is 0 Å². The van der Waals surface area contributed by atoms with Crippen LogP contribution in [0.15, 0.2) is 16.7 Å². The average Bonchev–Trinajstić information content (AvgIpc) is 2.61. The minimum atomic E-state index is 0.793. The molecule has 0 atom stereocenters. The molecule has 0 saturated heterocycles. The first kappa shape index (κ1) is 8.04. The monoisotopic (exact) mass is 177 g/mol. The maximum absolute atomic E-state index is 4.97. The molecule has 2 aromatic rings. The Kier molecular flexibility index (Phi) is 1.69. The van der Waals surface area contributed by atoms with Gasteiger partial charge in [0.15, 0.2) is 0 Å². The Morgan fingerprint density at radius 2 is 2.00 bits per heavy atom. The van der Waals surface area contributed by atoms with Crippen molar-refractivity contribution in [3.05, 3.63) is 23.6 Å². The third-order valence-corrected chi connectivity index (χ3v) is 2.00. The number of aryl methyl sites for hydroxylation is 3. The Morgan fingerprint density at radius 1 is 1.23 bits per heavy atom. The largest absolute Gasteiger partial charge is 0.361 e. The second kappa shape index (κ2) is 2.73. The lowest BCUT2D eigenvalue weighted by molar-refractivity contribution is 0.399. The summed E-state index contributed by atoms with van der Waals surface area (Å²) in [5, 5.41) is 8.18. The van der Waals surface area contributed by atoms with Gasteiger partial charge in [-0.15, -0.1) is 0 Å². The van der Waals surface area contributed by atoms with Crippen molar-refractivity contribution in [1.82, 2.24) is 14.9 Å². The summed E-state index contributed by atoms with van der Waals surface area (Å²) in [4.78, 5) is 0. The fraction of sp³-hybridized carbons (Fsp3) is 0.333. The zero-order valence-electron chi connectivity index (χ0n) is 7.90. The van der Waals surface area contributed by atoms with Crippen molar-refractivity contribution >= 4 is 0 Å². The standard InChI is InChI=1S/C9H11N3O/c1-6-4-8(10-12(6)3)9-5-7(2)13-11-9/h4-5H,1-3H3. The molecule has 0 N–H and O–H groups in total. The Hall–Kier alpha value is -1.58. The van der Waals surface area contributed by atoms with Gasteiger partial charge >= 0.3 is 0 Å². The van der Waals surface area contributed by atoms with Crippen molar-refractivity contribution in [2.24, 2.45) is 7.05 Å². The van der Waals surface area contributed by atoms with Gasteiger partial charge in [0.05, 0.1) is 0 Å². The molecule has 0 bridgehead atoms. The topological polar surface area (TPSA) is 43.9 Å². The van der Waals surface area contributed by atoms with Gasteiger partial charge in [-0.3, -0.25) is 4.68 Å². The first-order valence-electron chi connectivity index (χ1n) is 4.11. The number of hydrogen-bond acceptors (Lipinski definition) is 3. The van der Waals surface area contributed by atoms with E-state index in [0.29, 0.717) is 0 Å². The summed E-state index contributed by atoms with van der Waals surface area (Å²) in [5.41, 5.74) is 2.76. The molecule has 0 spiro atoms. The van der Waals surface area contributed by atoms with E-state index in [2.05, 4.69) is 10.3 Å². The van der Waals surface area contributed by atoms with Gasteiger partial charge in [0.1, 0.15) is 17.1 Å². The number of hydrogen-bond donors (Lipinski definition) is 0. The molecule has 4 nitrogen and oxygen atoms in total. The lowest BCUT2D eigenvalue weighted by Crippen LogP contribution is -1.92. The predicted molar refractivity (Wildman–Crippen MR) is 48.2 cm³/mol. The van der Waals surface area contributed by atoms with Crippen LogP contribution in [0.5, 0.6) is 0 Å². The van der Waals surface area contributed by atoms with E-state index in [0.717, 1.165) is 22.8 Å². The first-order valence-corrected chi connectivity index (χ1v) is 4.11. The van der Waals surface area contributed by atoms with Gasteiger partial charge in [0, 0.05) is 18.8 Å². The lowest BCUT2D eigenvalue weighted by Gasteiger charge is -1.88. The zero-order valence-corrected chi connectivity index (χ0v) is 7.90. The molecule has 0 amide bonds. The molecule has 0 unspecified atom stereocenters. The molecule has 0 radical (unpaired) electrons. The number of nitrogens with zero attached hydrogens (tertiary/aromatic N) is 3. The summed E-state index contributed by atoms with van der Waals surface area (Å²) in [5.74, 6) is 0.804. The van der Waals surface area contributed by atoms with Gasteiger partial charge in [0.25, 0.3) is 0 Å². The fourth-order valence-corrected chi connectivity index (χ4v) is 1.17.